The Balaban J connectivity index is 1.64. The molecule has 2 amide bonds. The van der Waals surface area contributed by atoms with E-state index in [0.29, 0.717) is 43.6 Å². The van der Waals surface area contributed by atoms with Gasteiger partial charge in [0.15, 0.2) is 0 Å². The van der Waals surface area contributed by atoms with E-state index in [1.807, 2.05) is 6.92 Å². The monoisotopic (exact) mass is 488 g/mol. The Morgan fingerprint density at radius 3 is 2.71 bits per heavy atom. The van der Waals surface area contributed by atoms with Gasteiger partial charge in [0.05, 0.1) is 36.6 Å². The first-order valence-corrected chi connectivity index (χ1v) is 11.9. The van der Waals surface area contributed by atoms with Gasteiger partial charge in [-0.15, -0.1) is 0 Å². The minimum atomic E-state index is -1.27. The summed E-state index contributed by atoms with van der Waals surface area (Å²) in [6, 6.07) is 4.34. The van der Waals surface area contributed by atoms with Crippen LogP contribution in [0.15, 0.2) is 23.0 Å². The number of aliphatic hydroxyl groups is 1. The largest absolute Gasteiger partial charge is 0.384 e. The molecule has 0 atom stereocenters. The number of aromatic nitrogens is 1. The zero-order valence-corrected chi connectivity index (χ0v) is 19.9. The molecule has 0 saturated carbocycles. The Labute approximate surface area is 202 Å². The van der Waals surface area contributed by atoms with Crippen LogP contribution in [0.3, 0.4) is 0 Å². The van der Waals surface area contributed by atoms with Crippen LogP contribution in [-0.2, 0) is 17.8 Å². The normalized spacial score (nSPS) is 16.0. The van der Waals surface area contributed by atoms with Crippen molar-refractivity contribution in [2.24, 2.45) is 0 Å². The summed E-state index contributed by atoms with van der Waals surface area (Å²) in [5, 5.41) is 13.5. The Kier molecular flexibility index (Phi) is 6.93. The van der Waals surface area contributed by atoms with Crippen molar-refractivity contribution in [3.63, 3.8) is 0 Å². The molecule has 0 bridgehead atoms. The predicted octanol–water partition coefficient (Wildman–Crippen LogP) is 2.57. The molecular weight excluding hydrogens is 458 g/mol. The lowest BCUT2D eigenvalue weighted by Gasteiger charge is -2.48. The first-order chi connectivity index (χ1) is 16.7. The molecule has 2 aliphatic rings. The second kappa shape index (κ2) is 9.77. The zero-order valence-electron chi connectivity index (χ0n) is 19.9. The number of unbranched alkanes of at least 4 members (excludes halogenated alkanes) is 1. The highest BCUT2D eigenvalue weighted by atomic mass is 19.1. The maximum atomic E-state index is 15.3. The third kappa shape index (κ3) is 4.80. The number of rotatable bonds is 9. The molecule has 1 aromatic carbocycles. The second-order valence-corrected chi connectivity index (χ2v) is 9.49. The Bertz CT molecular complexity index is 1210. The number of nitrogens with one attached hydrogen (secondary N) is 1. The number of β-amino-alcohol motifs (C(OH)–C–C–N with tert-alkyl or cyclic N) is 1. The summed E-state index contributed by atoms with van der Waals surface area (Å²) in [4.78, 5) is 40.4. The molecule has 8 nitrogen and oxygen atoms in total. The van der Waals surface area contributed by atoms with Gasteiger partial charge in [0.1, 0.15) is 11.4 Å². The number of carbonyl (C=O) groups excluding carboxylic acids is 2. The van der Waals surface area contributed by atoms with Crippen molar-refractivity contribution in [3.05, 3.63) is 57.0 Å². The van der Waals surface area contributed by atoms with E-state index in [1.165, 1.54) is 26.5 Å². The van der Waals surface area contributed by atoms with Gasteiger partial charge in [0, 0.05) is 18.8 Å². The van der Waals surface area contributed by atoms with Gasteiger partial charge >= 0.3 is 0 Å². The number of hydrogen-bond acceptors (Lipinski definition) is 5. The van der Waals surface area contributed by atoms with E-state index in [4.69, 9.17) is 0 Å². The van der Waals surface area contributed by atoms with Gasteiger partial charge in [0.25, 0.3) is 11.5 Å². The number of amides is 2. The summed E-state index contributed by atoms with van der Waals surface area (Å²) in [6.45, 7) is 4.51. The maximum absolute atomic E-state index is 15.3. The first kappa shape index (κ1) is 24.8. The summed E-state index contributed by atoms with van der Waals surface area (Å²) in [7, 11) is 0. The maximum Gasteiger partial charge on any atom is 0.289 e. The number of nitrogens with zero attached hydrogens (tertiary/aromatic N) is 3. The fraction of sp³-hybridized carbons (Fsp3) is 0.480. The van der Waals surface area contributed by atoms with E-state index >= 15 is 4.39 Å². The van der Waals surface area contributed by atoms with Crippen LogP contribution in [0.25, 0.3) is 0 Å². The topological polar surface area (TPSA) is 94.9 Å². The van der Waals surface area contributed by atoms with E-state index in [0.717, 1.165) is 12.8 Å². The highest BCUT2D eigenvalue weighted by molar-refractivity contribution is 6.02. The van der Waals surface area contributed by atoms with Crippen LogP contribution in [0.2, 0.25) is 0 Å². The van der Waals surface area contributed by atoms with Gasteiger partial charge in [0.2, 0.25) is 12.2 Å². The van der Waals surface area contributed by atoms with Gasteiger partial charge < -0.3 is 24.8 Å². The molecule has 3 heterocycles. The van der Waals surface area contributed by atoms with Crippen LogP contribution in [0.4, 0.5) is 20.2 Å². The highest BCUT2D eigenvalue weighted by Crippen LogP contribution is 2.33. The lowest BCUT2D eigenvalue weighted by Crippen LogP contribution is -2.67. The summed E-state index contributed by atoms with van der Waals surface area (Å²) in [5.74, 6) is -2.34. The molecule has 1 aromatic heterocycles. The number of halogens is 2. The van der Waals surface area contributed by atoms with E-state index in [2.05, 4.69) is 5.32 Å². The van der Waals surface area contributed by atoms with Crippen molar-refractivity contribution >= 4 is 23.7 Å². The first-order valence-electron chi connectivity index (χ1n) is 11.9. The molecule has 0 spiro atoms. The molecule has 1 saturated heterocycles. The quantitative estimate of drug-likeness (QED) is 0.529. The summed E-state index contributed by atoms with van der Waals surface area (Å²) >= 11 is 0. The SMILES string of the molecule is CCCCN(C=O)CC1(O)CN(C(=O)c2c(Nc3ccc(C)cc3F)c(F)c(=O)n3c2CCC3)C1. The van der Waals surface area contributed by atoms with Crippen molar-refractivity contribution in [2.75, 3.05) is 31.5 Å². The van der Waals surface area contributed by atoms with Crippen LogP contribution >= 0.6 is 0 Å². The van der Waals surface area contributed by atoms with E-state index in [-0.39, 0.29) is 36.6 Å². The summed E-state index contributed by atoms with van der Waals surface area (Å²) in [5.41, 5.74) is -1.51. The number of fused-ring (bicyclic) bond motifs is 1. The van der Waals surface area contributed by atoms with Crippen LogP contribution in [0, 0.1) is 18.6 Å². The van der Waals surface area contributed by atoms with Crippen LogP contribution < -0.4 is 10.9 Å². The van der Waals surface area contributed by atoms with Crippen LogP contribution in [0.5, 0.6) is 0 Å². The molecule has 0 radical (unpaired) electrons. The van der Waals surface area contributed by atoms with Crippen molar-refractivity contribution in [1.82, 2.24) is 14.4 Å². The number of benzene rings is 1. The van der Waals surface area contributed by atoms with Gasteiger partial charge in [-0.2, -0.15) is 4.39 Å². The molecule has 0 aliphatic carbocycles. The zero-order chi connectivity index (χ0) is 25.3. The number of hydrogen-bond donors (Lipinski definition) is 2. The fourth-order valence-corrected chi connectivity index (χ4v) is 4.82. The van der Waals surface area contributed by atoms with Crippen molar-refractivity contribution in [1.29, 1.82) is 0 Å². The standard InChI is InChI=1S/C25H30F2N4O4/c1-3-4-9-29(15-32)12-25(35)13-30(14-25)23(33)20-19-6-5-10-31(19)24(34)21(27)22(20)28-18-8-7-16(2)11-17(18)26/h7-8,11,15,28,35H,3-6,9-10,12-14H2,1-2H3. The molecule has 2 aliphatic heterocycles. The number of carbonyl (C=O) groups is 2. The average Bonchev–Trinajstić information content (AvgIpc) is 3.29. The number of aryl methyl sites for hydroxylation is 1. The van der Waals surface area contributed by atoms with Gasteiger partial charge in [-0.3, -0.25) is 14.4 Å². The van der Waals surface area contributed by atoms with E-state index < -0.39 is 28.7 Å². The van der Waals surface area contributed by atoms with Crippen LogP contribution in [0.1, 0.15) is 47.8 Å². The van der Waals surface area contributed by atoms with Crippen molar-refractivity contribution < 1.29 is 23.5 Å². The van der Waals surface area contributed by atoms with Crippen molar-refractivity contribution in [3.8, 4) is 0 Å². The molecule has 10 heteroatoms. The molecule has 4 rings (SSSR count). The molecule has 35 heavy (non-hydrogen) atoms. The highest BCUT2D eigenvalue weighted by Gasteiger charge is 2.46. The Hall–Kier alpha value is -3.27. The number of likely N-dealkylation sites (tertiary alicyclic amines) is 1. The lowest BCUT2D eigenvalue weighted by atomic mass is 9.91. The Morgan fingerprint density at radius 1 is 1.31 bits per heavy atom. The molecule has 0 unspecified atom stereocenters. The molecule has 2 aromatic rings. The number of pyridine rings is 1. The molecular formula is C25H30F2N4O4. The van der Waals surface area contributed by atoms with Crippen molar-refractivity contribution in [2.45, 2.75) is 51.7 Å². The number of anilines is 2. The average molecular weight is 489 g/mol. The van der Waals surface area contributed by atoms with E-state index in [1.54, 1.807) is 13.0 Å². The third-order valence-electron chi connectivity index (χ3n) is 6.61. The van der Waals surface area contributed by atoms with Crippen LogP contribution in [-0.4, -0.2) is 63.6 Å². The predicted molar refractivity (Wildman–Crippen MR) is 127 cm³/mol. The molecule has 2 N–H and O–H groups in total. The van der Waals surface area contributed by atoms with Gasteiger partial charge in [-0.05, 0) is 43.9 Å². The Morgan fingerprint density at radius 2 is 2.06 bits per heavy atom. The summed E-state index contributed by atoms with van der Waals surface area (Å²) < 4.78 is 31.0. The van der Waals surface area contributed by atoms with Gasteiger partial charge in [-0.25, -0.2) is 4.39 Å². The summed E-state index contributed by atoms with van der Waals surface area (Å²) in [6.07, 6.45) is 3.35. The smallest absolute Gasteiger partial charge is 0.289 e. The molecule has 188 valence electrons. The minimum Gasteiger partial charge on any atom is -0.384 e. The minimum absolute atomic E-state index is 0.0279. The van der Waals surface area contributed by atoms with E-state index in [9.17, 15) is 23.9 Å². The lowest BCUT2D eigenvalue weighted by molar-refractivity contribution is -0.129. The fourth-order valence-electron chi connectivity index (χ4n) is 4.82. The molecule has 1 fully saturated rings. The van der Waals surface area contributed by atoms with Gasteiger partial charge in [-0.1, -0.05) is 19.4 Å². The third-order valence-corrected chi connectivity index (χ3v) is 6.61. The second-order valence-electron chi connectivity index (χ2n) is 9.49.